The first-order chi connectivity index (χ1) is 12.5. The molecule has 0 aliphatic carbocycles. The van der Waals surface area contributed by atoms with Crippen LogP contribution in [-0.2, 0) is 4.79 Å². The fraction of sp³-hybridized carbons (Fsp3) is 0.211. The molecule has 7 heteroatoms. The third kappa shape index (κ3) is 4.43. The number of carbonyl (C=O) groups excluding carboxylic acids is 1. The predicted octanol–water partition coefficient (Wildman–Crippen LogP) is 4.09. The lowest BCUT2D eigenvalue weighted by atomic mass is 10.1. The molecule has 2 aromatic carbocycles. The average molecular weight is 369 g/mol. The van der Waals surface area contributed by atoms with Gasteiger partial charge in [0, 0.05) is 11.3 Å². The number of benzene rings is 2. The van der Waals surface area contributed by atoms with E-state index in [1.807, 2.05) is 56.3 Å². The number of rotatable bonds is 6. The number of anilines is 1. The number of hydrogen-bond donors (Lipinski definition) is 1. The Balaban J connectivity index is 1.56. The van der Waals surface area contributed by atoms with Crippen molar-refractivity contribution in [3.8, 4) is 17.2 Å². The largest absolute Gasteiger partial charge is 0.497 e. The number of hydrogen-bond acceptors (Lipinski definition) is 6. The summed E-state index contributed by atoms with van der Waals surface area (Å²) >= 11 is 1.20. The zero-order valence-electron chi connectivity index (χ0n) is 14.8. The molecule has 1 aromatic heterocycles. The smallest absolute Gasteiger partial charge is 0.277 e. The van der Waals surface area contributed by atoms with E-state index in [2.05, 4.69) is 15.5 Å². The normalized spacial score (nSPS) is 10.6. The number of amides is 1. The molecule has 0 radical (unpaired) electrons. The lowest BCUT2D eigenvalue weighted by Crippen LogP contribution is -2.14. The van der Waals surface area contributed by atoms with Gasteiger partial charge < -0.3 is 14.5 Å². The number of thioether (sulfide) groups is 1. The van der Waals surface area contributed by atoms with Crippen molar-refractivity contribution in [1.29, 1.82) is 0 Å². The third-order valence-electron chi connectivity index (χ3n) is 3.86. The van der Waals surface area contributed by atoms with Crippen LogP contribution in [0.3, 0.4) is 0 Å². The fourth-order valence-corrected chi connectivity index (χ4v) is 2.83. The summed E-state index contributed by atoms with van der Waals surface area (Å²) in [4.78, 5) is 12.1. The van der Waals surface area contributed by atoms with E-state index in [4.69, 9.17) is 9.15 Å². The molecule has 134 valence electrons. The maximum atomic E-state index is 12.1. The van der Waals surface area contributed by atoms with Crippen LogP contribution in [-0.4, -0.2) is 29.0 Å². The summed E-state index contributed by atoms with van der Waals surface area (Å²) in [7, 11) is 1.61. The molecule has 0 spiro atoms. The Morgan fingerprint density at radius 1 is 1.12 bits per heavy atom. The van der Waals surface area contributed by atoms with Crippen LogP contribution >= 0.6 is 11.8 Å². The number of carbonyl (C=O) groups is 1. The molecular formula is C19H19N3O3S. The Morgan fingerprint density at radius 3 is 2.58 bits per heavy atom. The lowest BCUT2D eigenvalue weighted by Gasteiger charge is -2.06. The van der Waals surface area contributed by atoms with E-state index < -0.39 is 0 Å². The second kappa shape index (κ2) is 8.05. The summed E-state index contributed by atoms with van der Waals surface area (Å²) in [5, 5.41) is 11.2. The van der Waals surface area contributed by atoms with Crippen molar-refractivity contribution in [2.45, 2.75) is 19.1 Å². The summed E-state index contributed by atoms with van der Waals surface area (Å²) < 4.78 is 10.7. The molecule has 1 amide bonds. The Morgan fingerprint density at radius 2 is 1.88 bits per heavy atom. The van der Waals surface area contributed by atoms with Gasteiger partial charge in [-0.1, -0.05) is 17.8 Å². The van der Waals surface area contributed by atoms with Crippen molar-refractivity contribution in [3.63, 3.8) is 0 Å². The minimum atomic E-state index is -0.123. The maximum Gasteiger partial charge on any atom is 0.277 e. The monoisotopic (exact) mass is 369 g/mol. The number of ether oxygens (including phenoxy) is 1. The maximum absolute atomic E-state index is 12.1. The van der Waals surface area contributed by atoms with E-state index in [0.29, 0.717) is 11.1 Å². The first-order valence-corrected chi connectivity index (χ1v) is 9.01. The summed E-state index contributed by atoms with van der Waals surface area (Å²) in [5.41, 5.74) is 3.90. The van der Waals surface area contributed by atoms with E-state index in [1.54, 1.807) is 7.11 Å². The second-order valence-electron chi connectivity index (χ2n) is 5.74. The minimum absolute atomic E-state index is 0.123. The zero-order valence-corrected chi connectivity index (χ0v) is 15.6. The molecule has 0 aliphatic heterocycles. The molecule has 0 bridgehead atoms. The van der Waals surface area contributed by atoms with Crippen LogP contribution in [0.15, 0.2) is 52.1 Å². The number of aryl methyl sites for hydroxylation is 2. The van der Waals surface area contributed by atoms with Gasteiger partial charge in [0.1, 0.15) is 5.75 Å². The molecule has 3 rings (SSSR count). The van der Waals surface area contributed by atoms with Gasteiger partial charge in [0.05, 0.1) is 12.9 Å². The first-order valence-electron chi connectivity index (χ1n) is 8.03. The summed E-state index contributed by atoms with van der Waals surface area (Å²) in [5.74, 6) is 1.23. The highest BCUT2D eigenvalue weighted by atomic mass is 32.2. The highest BCUT2D eigenvalue weighted by molar-refractivity contribution is 7.99. The van der Waals surface area contributed by atoms with Crippen LogP contribution in [0.2, 0.25) is 0 Å². The van der Waals surface area contributed by atoms with Crippen molar-refractivity contribution >= 4 is 23.4 Å². The molecule has 0 saturated carbocycles. The molecule has 3 aromatic rings. The topological polar surface area (TPSA) is 77.2 Å². The highest BCUT2D eigenvalue weighted by Crippen LogP contribution is 2.25. The summed E-state index contributed by atoms with van der Waals surface area (Å²) in [6.45, 7) is 4.05. The molecule has 6 nitrogen and oxygen atoms in total. The Hall–Kier alpha value is -2.80. The minimum Gasteiger partial charge on any atom is -0.497 e. The van der Waals surface area contributed by atoms with Crippen molar-refractivity contribution in [2.75, 3.05) is 18.2 Å². The van der Waals surface area contributed by atoms with Gasteiger partial charge in [-0.3, -0.25) is 4.79 Å². The molecule has 1 N–H and O–H groups in total. The predicted molar refractivity (Wildman–Crippen MR) is 102 cm³/mol. The van der Waals surface area contributed by atoms with Gasteiger partial charge in [0.15, 0.2) is 0 Å². The number of methoxy groups -OCH3 is 1. The standard InChI is InChI=1S/C19H19N3O3S/c1-12-4-7-15(10-13(12)2)20-17(23)11-26-19-22-21-18(25-19)14-5-8-16(24-3)9-6-14/h4-10H,11H2,1-3H3,(H,20,23). The second-order valence-corrected chi connectivity index (χ2v) is 6.66. The van der Waals surface area contributed by atoms with Gasteiger partial charge in [0.25, 0.3) is 5.22 Å². The highest BCUT2D eigenvalue weighted by Gasteiger charge is 2.12. The molecular weight excluding hydrogens is 350 g/mol. The number of aromatic nitrogens is 2. The van der Waals surface area contributed by atoms with Gasteiger partial charge in [-0.25, -0.2) is 0 Å². The Bertz CT molecular complexity index is 907. The van der Waals surface area contributed by atoms with Crippen LogP contribution in [0.1, 0.15) is 11.1 Å². The molecule has 0 saturated heterocycles. The molecule has 1 heterocycles. The molecule has 0 unspecified atom stereocenters. The van der Waals surface area contributed by atoms with E-state index in [1.165, 1.54) is 17.3 Å². The fourth-order valence-electron chi connectivity index (χ4n) is 2.26. The molecule has 0 fully saturated rings. The van der Waals surface area contributed by atoms with Crippen molar-refractivity contribution in [2.24, 2.45) is 0 Å². The quantitative estimate of drug-likeness (QED) is 0.660. The summed E-state index contributed by atoms with van der Waals surface area (Å²) in [6, 6.07) is 13.1. The van der Waals surface area contributed by atoms with Crippen LogP contribution < -0.4 is 10.1 Å². The van der Waals surface area contributed by atoms with Crippen LogP contribution in [0.4, 0.5) is 5.69 Å². The van der Waals surface area contributed by atoms with Crippen LogP contribution in [0.5, 0.6) is 5.75 Å². The van der Waals surface area contributed by atoms with E-state index >= 15 is 0 Å². The number of nitrogens with zero attached hydrogens (tertiary/aromatic N) is 2. The summed E-state index contributed by atoms with van der Waals surface area (Å²) in [6.07, 6.45) is 0. The van der Waals surface area contributed by atoms with Gasteiger partial charge in [-0.2, -0.15) is 0 Å². The van der Waals surface area contributed by atoms with Crippen LogP contribution in [0.25, 0.3) is 11.5 Å². The van der Waals surface area contributed by atoms with Crippen LogP contribution in [0, 0.1) is 13.8 Å². The van der Waals surface area contributed by atoms with Crippen molar-refractivity contribution < 1.29 is 13.9 Å². The first kappa shape index (κ1) is 18.0. The average Bonchev–Trinajstić information content (AvgIpc) is 3.12. The van der Waals surface area contributed by atoms with Gasteiger partial charge in [-0.15, -0.1) is 10.2 Å². The van der Waals surface area contributed by atoms with E-state index in [9.17, 15) is 4.79 Å². The lowest BCUT2D eigenvalue weighted by molar-refractivity contribution is -0.113. The molecule has 26 heavy (non-hydrogen) atoms. The van der Waals surface area contributed by atoms with Crippen molar-refractivity contribution in [1.82, 2.24) is 10.2 Å². The van der Waals surface area contributed by atoms with Gasteiger partial charge in [-0.05, 0) is 61.4 Å². The zero-order chi connectivity index (χ0) is 18.5. The van der Waals surface area contributed by atoms with E-state index in [-0.39, 0.29) is 11.7 Å². The van der Waals surface area contributed by atoms with Gasteiger partial charge in [0.2, 0.25) is 11.8 Å². The SMILES string of the molecule is COc1ccc(-c2nnc(SCC(=O)Nc3ccc(C)c(C)c3)o2)cc1. The Labute approximate surface area is 156 Å². The molecule has 0 atom stereocenters. The van der Waals surface area contributed by atoms with E-state index in [0.717, 1.165) is 22.6 Å². The third-order valence-corrected chi connectivity index (χ3v) is 4.68. The Kier molecular flexibility index (Phi) is 5.58. The van der Waals surface area contributed by atoms with Crippen molar-refractivity contribution in [3.05, 3.63) is 53.6 Å². The number of nitrogens with one attached hydrogen (secondary N) is 1. The van der Waals surface area contributed by atoms with Gasteiger partial charge >= 0.3 is 0 Å². The molecule has 0 aliphatic rings.